The van der Waals surface area contributed by atoms with E-state index in [2.05, 4.69) is 5.32 Å². The van der Waals surface area contributed by atoms with Gasteiger partial charge >= 0.3 is 11.9 Å². The zero-order valence-corrected chi connectivity index (χ0v) is 20.5. The summed E-state index contributed by atoms with van der Waals surface area (Å²) >= 11 is 0. The quantitative estimate of drug-likeness (QED) is 0.233. The van der Waals surface area contributed by atoms with Gasteiger partial charge in [-0.3, -0.25) is 19.2 Å². The van der Waals surface area contributed by atoms with E-state index in [0.29, 0.717) is 11.4 Å². The van der Waals surface area contributed by atoms with Crippen molar-refractivity contribution < 1.29 is 39.0 Å². The smallest absolute Gasteiger partial charge is 0.336 e. The summed E-state index contributed by atoms with van der Waals surface area (Å²) in [5.41, 5.74) is 0.425. The van der Waals surface area contributed by atoms with E-state index in [1.807, 2.05) is 0 Å². The van der Waals surface area contributed by atoms with Gasteiger partial charge in [0, 0.05) is 22.4 Å². The minimum absolute atomic E-state index is 0.0129. The molecule has 40 heavy (non-hydrogen) atoms. The zero-order chi connectivity index (χ0) is 28.6. The second-order valence-corrected chi connectivity index (χ2v) is 8.77. The Morgan fingerprint density at radius 3 is 1.85 bits per heavy atom. The Bertz CT molecular complexity index is 1740. The van der Waals surface area contributed by atoms with Crippen molar-refractivity contribution >= 4 is 46.8 Å². The van der Waals surface area contributed by atoms with Gasteiger partial charge in [-0.25, -0.2) is 14.5 Å². The van der Waals surface area contributed by atoms with Crippen molar-refractivity contribution in [3.05, 3.63) is 130 Å². The van der Waals surface area contributed by atoms with E-state index in [0.717, 1.165) is 17.0 Å². The van der Waals surface area contributed by atoms with Crippen LogP contribution in [0, 0.1) is 0 Å². The van der Waals surface area contributed by atoms with E-state index >= 15 is 0 Å². The fourth-order valence-corrected chi connectivity index (χ4v) is 4.32. The molecule has 5 rings (SSSR count). The number of aromatic carboxylic acids is 2. The number of nitrogens with one attached hydrogen (secondary N) is 1. The number of fused-ring (bicyclic) bond motifs is 1. The Balaban J connectivity index is 1.32. The molecule has 0 bridgehead atoms. The molecule has 0 fully saturated rings. The van der Waals surface area contributed by atoms with E-state index in [1.165, 1.54) is 48.5 Å². The van der Waals surface area contributed by atoms with Crippen LogP contribution < -0.4 is 10.2 Å². The maximum atomic E-state index is 12.9. The Hall–Kier alpha value is -5.90. The number of rotatable bonds is 7. The average Bonchev–Trinajstić information content (AvgIpc) is 3.21. The van der Waals surface area contributed by atoms with Crippen molar-refractivity contribution in [2.24, 2.45) is 0 Å². The number of carbonyl (C=O) groups excluding carboxylic acids is 4. The van der Waals surface area contributed by atoms with Gasteiger partial charge in [0.15, 0.2) is 5.78 Å². The molecule has 0 spiro atoms. The number of nitrogens with zero attached hydrogens (tertiary/aromatic N) is 1. The summed E-state index contributed by atoms with van der Waals surface area (Å²) in [5, 5.41) is 21.1. The number of carbonyl (C=O) groups is 6. The van der Waals surface area contributed by atoms with Crippen LogP contribution in [0.2, 0.25) is 0 Å². The molecule has 0 saturated heterocycles. The molecular formula is C30H18N2O8. The van der Waals surface area contributed by atoms with Gasteiger partial charge < -0.3 is 15.5 Å². The highest BCUT2D eigenvalue weighted by atomic mass is 16.4. The standard InChI is InChI=1S/C30H18N2O8/c33-25(17-8-13-22(29(37)38)24(14-17)30(39)40)16-6-10-19(11-7-16)31-26(34)18-9-12-21-23(15-18)28(36)32(27(21)35)20-4-2-1-3-5-20/h1-15H,(H,31,34)(H,37,38)(H,39,40). The Morgan fingerprint density at radius 2 is 1.20 bits per heavy atom. The summed E-state index contributed by atoms with van der Waals surface area (Å²) in [5.74, 6) is -5.00. The molecule has 3 amide bonds. The van der Waals surface area contributed by atoms with Gasteiger partial charge in [-0.2, -0.15) is 0 Å². The van der Waals surface area contributed by atoms with E-state index in [4.69, 9.17) is 5.11 Å². The molecule has 1 aliphatic heterocycles. The largest absolute Gasteiger partial charge is 0.478 e. The highest BCUT2D eigenvalue weighted by Gasteiger charge is 2.37. The second kappa shape index (κ2) is 10.1. The number of anilines is 2. The Labute approximate surface area is 226 Å². The van der Waals surface area contributed by atoms with Crippen LogP contribution >= 0.6 is 0 Å². The summed E-state index contributed by atoms with van der Waals surface area (Å²) in [6.45, 7) is 0. The lowest BCUT2D eigenvalue weighted by atomic mass is 9.98. The van der Waals surface area contributed by atoms with Gasteiger partial charge in [-0.15, -0.1) is 0 Å². The minimum atomic E-state index is -1.48. The summed E-state index contributed by atoms with van der Waals surface area (Å²) in [6, 6.07) is 21.7. The number of carboxylic acid groups (broad SMARTS) is 2. The van der Waals surface area contributed by atoms with Gasteiger partial charge in [0.05, 0.1) is 27.9 Å². The molecule has 196 valence electrons. The van der Waals surface area contributed by atoms with Crippen LogP contribution in [0.25, 0.3) is 0 Å². The summed E-state index contributed by atoms with van der Waals surface area (Å²) < 4.78 is 0. The second-order valence-electron chi connectivity index (χ2n) is 8.77. The molecule has 3 N–H and O–H groups in total. The molecule has 10 heteroatoms. The molecule has 4 aromatic carbocycles. The number of carboxylic acids is 2. The fraction of sp³-hybridized carbons (Fsp3) is 0. The van der Waals surface area contributed by atoms with Crippen LogP contribution in [-0.4, -0.2) is 45.7 Å². The third kappa shape index (κ3) is 4.61. The molecule has 4 aromatic rings. The van der Waals surface area contributed by atoms with Gasteiger partial charge in [0.25, 0.3) is 17.7 Å². The molecule has 10 nitrogen and oxygen atoms in total. The van der Waals surface area contributed by atoms with Gasteiger partial charge in [-0.05, 0) is 66.7 Å². The lowest BCUT2D eigenvalue weighted by Gasteiger charge is -2.13. The third-order valence-electron chi connectivity index (χ3n) is 6.31. The molecule has 0 atom stereocenters. The first-order chi connectivity index (χ1) is 19.2. The van der Waals surface area contributed by atoms with Crippen molar-refractivity contribution in [3.8, 4) is 0 Å². The van der Waals surface area contributed by atoms with Crippen molar-refractivity contribution in [2.45, 2.75) is 0 Å². The number of para-hydroxylation sites is 1. The van der Waals surface area contributed by atoms with E-state index < -0.39 is 46.6 Å². The number of hydrogen-bond donors (Lipinski definition) is 3. The first-order valence-corrected chi connectivity index (χ1v) is 11.8. The number of hydrogen-bond acceptors (Lipinski definition) is 6. The van der Waals surface area contributed by atoms with E-state index in [9.17, 15) is 33.9 Å². The molecular weight excluding hydrogens is 516 g/mol. The topological polar surface area (TPSA) is 158 Å². The lowest BCUT2D eigenvalue weighted by Crippen LogP contribution is -2.29. The Morgan fingerprint density at radius 1 is 0.600 bits per heavy atom. The fourth-order valence-electron chi connectivity index (χ4n) is 4.32. The summed E-state index contributed by atoms with van der Waals surface area (Å²) in [6.07, 6.45) is 0. The average molecular weight is 534 g/mol. The lowest BCUT2D eigenvalue weighted by molar-refractivity contribution is 0.0651. The maximum absolute atomic E-state index is 12.9. The zero-order valence-electron chi connectivity index (χ0n) is 20.5. The van der Waals surface area contributed by atoms with Crippen LogP contribution in [0.3, 0.4) is 0 Å². The molecule has 0 radical (unpaired) electrons. The molecule has 1 aliphatic rings. The van der Waals surface area contributed by atoms with E-state index in [-0.39, 0.29) is 27.8 Å². The normalized spacial score (nSPS) is 12.2. The van der Waals surface area contributed by atoms with Crippen LogP contribution in [0.4, 0.5) is 11.4 Å². The van der Waals surface area contributed by atoms with Crippen LogP contribution in [0.1, 0.15) is 67.7 Å². The first kappa shape index (κ1) is 25.7. The molecule has 0 aliphatic carbocycles. The molecule has 1 heterocycles. The molecule has 0 unspecified atom stereocenters. The Kier molecular flexibility index (Phi) is 6.50. The van der Waals surface area contributed by atoms with Crippen LogP contribution in [0.5, 0.6) is 0 Å². The van der Waals surface area contributed by atoms with Crippen LogP contribution in [-0.2, 0) is 0 Å². The highest BCUT2D eigenvalue weighted by molar-refractivity contribution is 6.34. The number of ketones is 1. The number of benzene rings is 4. The predicted molar refractivity (Wildman–Crippen MR) is 142 cm³/mol. The maximum Gasteiger partial charge on any atom is 0.336 e. The summed E-state index contributed by atoms with van der Waals surface area (Å²) in [7, 11) is 0. The molecule has 0 aromatic heterocycles. The van der Waals surface area contributed by atoms with Crippen molar-refractivity contribution in [1.82, 2.24) is 0 Å². The van der Waals surface area contributed by atoms with Crippen LogP contribution in [0.15, 0.2) is 91.0 Å². The number of imide groups is 1. The number of amides is 3. The van der Waals surface area contributed by atoms with E-state index in [1.54, 1.807) is 30.3 Å². The van der Waals surface area contributed by atoms with Crippen molar-refractivity contribution in [3.63, 3.8) is 0 Å². The monoisotopic (exact) mass is 534 g/mol. The van der Waals surface area contributed by atoms with Gasteiger partial charge in [0.2, 0.25) is 0 Å². The third-order valence-corrected chi connectivity index (χ3v) is 6.31. The van der Waals surface area contributed by atoms with Crippen molar-refractivity contribution in [1.29, 1.82) is 0 Å². The first-order valence-electron chi connectivity index (χ1n) is 11.8. The van der Waals surface area contributed by atoms with Crippen molar-refractivity contribution in [2.75, 3.05) is 10.2 Å². The summed E-state index contributed by atoms with van der Waals surface area (Å²) in [4.78, 5) is 75.2. The van der Waals surface area contributed by atoms with Gasteiger partial charge in [0.1, 0.15) is 0 Å². The predicted octanol–water partition coefficient (Wildman–Crippen LogP) is 4.37. The highest BCUT2D eigenvalue weighted by Crippen LogP contribution is 2.29. The molecule has 0 saturated carbocycles. The van der Waals surface area contributed by atoms with Gasteiger partial charge in [-0.1, -0.05) is 24.3 Å². The SMILES string of the molecule is O=C(Nc1ccc(C(=O)c2ccc(C(=O)O)c(C(=O)O)c2)cc1)c1ccc2c(c1)C(=O)N(c1ccccc1)C2=O. The minimum Gasteiger partial charge on any atom is -0.478 e.